The van der Waals surface area contributed by atoms with Crippen LogP contribution in [0.5, 0.6) is 0 Å². The molecule has 0 bridgehead atoms. The fraction of sp³-hybridized carbons (Fsp3) is 0.500. The highest BCUT2D eigenvalue weighted by molar-refractivity contribution is 5.84. The van der Waals surface area contributed by atoms with Crippen LogP contribution in [0.1, 0.15) is 26.3 Å². The zero-order chi connectivity index (χ0) is 15.3. The molecule has 0 saturated heterocycles. The number of hydrogen-bond acceptors (Lipinski definition) is 4. The third kappa shape index (κ3) is 3.69. The Morgan fingerprint density at radius 3 is 2.45 bits per heavy atom. The van der Waals surface area contributed by atoms with Crippen LogP contribution >= 0.6 is 0 Å². The van der Waals surface area contributed by atoms with Crippen LogP contribution < -0.4 is 5.32 Å². The molecule has 0 saturated carbocycles. The van der Waals surface area contributed by atoms with Gasteiger partial charge in [0.15, 0.2) is 0 Å². The van der Waals surface area contributed by atoms with E-state index < -0.39 is 4.92 Å². The fourth-order valence-electron chi connectivity index (χ4n) is 2.07. The topological polar surface area (TPSA) is 75.5 Å². The zero-order valence-corrected chi connectivity index (χ0v) is 12.3. The molecule has 1 aromatic carbocycles. The smallest absolute Gasteiger partial charge is 0.272 e. The standard InChI is InChI=1S/C14H21N3O3/c1-5-16(6-2)14(18)11(4)15-12-7-8-13(17(19)20)10(3)9-12/h7-9,11,15H,5-6H2,1-4H3. The van der Waals surface area contributed by atoms with E-state index in [2.05, 4.69) is 5.32 Å². The number of aryl methyl sites for hydroxylation is 1. The number of nitrogens with one attached hydrogen (secondary N) is 1. The second kappa shape index (κ2) is 6.88. The summed E-state index contributed by atoms with van der Waals surface area (Å²) >= 11 is 0. The predicted molar refractivity (Wildman–Crippen MR) is 78.8 cm³/mol. The second-order valence-corrected chi connectivity index (χ2v) is 4.63. The summed E-state index contributed by atoms with van der Waals surface area (Å²) in [6.45, 7) is 8.67. The second-order valence-electron chi connectivity index (χ2n) is 4.63. The van der Waals surface area contributed by atoms with Gasteiger partial charge in [0.25, 0.3) is 5.69 Å². The minimum atomic E-state index is -0.413. The maximum atomic E-state index is 12.1. The van der Waals surface area contributed by atoms with Gasteiger partial charge in [0.05, 0.1) is 4.92 Å². The van der Waals surface area contributed by atoms with Crippen molar-refractivity contribution in [2.24, 2.45) is 0 Å². The SMILES string of the molecule is CCN(CC)C(=O)C(C)Nc1ccc([N+](=O)[O-])c(C)c1. The number of carbonyl (C=O) groups is 1. The number of amides is 1. The number of carbonyl (C=O) groups excluding carboxylic acids is 1. The summed E-state index contributed by atoms with van der Waals surface area (Å²) in [5, 5.41) is 13.8. The number of likely N-dealkylation sites (N-methyl/N-ethyl adjacent to an activating group) is 1. The van der Waals surface area contributed by atoms with Crippen LogP contribution in [0.25, 0.3) is 0 Å². The highest BCUT2D eigenvalue weighted by atomic mass is 16.6. The Bertz CT molecular complexity index is 498. The molecule has 1 amide bonds. The maximum Gasteiger partial charge on any atom is 0.272 e. The average molecular weight is 279 g/mol. The molecule has 6 heteroatoms. The molecule has 6 nitrogen and oxygen atoms in total. The summed E-state index contributed by atoms with van der Waals surface area (Å²) in [4.78, 5) is 24.2. The molecule has 1 aromatic rings. The molecule has 1 unspecified atom stereocenters. The van der Waals surface area contributed by atoms with Gasteiger partial charge in [-0.15, -0.1) is 0 Å². The minimum absolute atomic E-state index is 0.0194. The predicted octanol–water partition coefficient (Wildman–Crippen LogP) is 2.57. The molecule has 0 aliphatic heterocycles. The molecule has 0 fully saturated rings. The lowest BCUT2D eigenvalue weighted by Crippen LogP contribution is -2.41. The van der Waals surface area contributed by atoms with Gasteiger partial charge in [0.2, 0.25) is 5.91 Å². The van der Waals surface area contributed by atoms with Gasteiger partial charge in [-0.1, -0.05) is 0 Å². The highest BCUT2D eigenvalue weighted by Gasteiger charge is 2.18. The number of nitro groups is 1. The number of nitrogens with zero attached hydrogens (tertiary/aromatic N) is 2. The highest BCUT2D eigenvalue weighted by Crippen LogP contribution is 2.22. The zero-order valence-electron chi connectivity index (χ0n) is 12.3. The molecule has 110 valence electrons. The van der Waals surface area contributed by atoms with Crippen LogP contribution in [0.15, 0.2) is 18.2 Å². The molecule has 0 aliphatic carbocycles. The van der Waals surface area contributed by atoms with Crippen molar-refractivity contribution >= 4 is 17.3 Å². The average Bonchev–Trinajstić information content (AvgIpc) is 2.39. The molecule has 1 rings (SSSR count). The van der Waals surface area contributed by atoms with Crippen molar-refractivity contribution in [1.29, 1.82) is 0 Å². The van der Waals surface area contributed by atoms with E-state index in [1.54, 1.807) is 30.9 Å². The van der Waals surface area contributed by atoms with Gasteiger partial charge < -0.3 is 10.2 Å². The molecule has 20 heavy (non-hydrogen) atoms. The summed E-state index contributed by atoms with van der Waals surface area (Å²) in [6, 6.07) is 4.39. The Balaban J connectivity index is 2.81. The lowest BCUT2D eigenvalue weighted by Gasteiger charge is -2.24. The lowest BCUT2D eigenvalue weighted by atomic mass is 10.1. The molecule has 1 N–H and O–H groups in total. The Kier molecular flexibility index (Phi) is 5.49. The van der Waals surface area contributed by atoms with Crippen LogP contribution in [-0.4, -0.2) is 34.9 Å². The molecule has 0 radical (unpaired) electrons. The van der Waals surface area contributed by atoms with Gasteiger partial charge in [-0.3, -0.25) is 14.9 Å². The minimum Gasteiger partial charge on any atom is -0.374 e. The van der Waals surface area contributed by atoms with E-state index in [4.69, 9.17) is 0 Å². The van der Waals surface area contributed by atoms with E-state index in [-0.39, 0.29) is 17.6 Å². The Morgan fingerprint density at radius 2 is 2.00 bits per heavy atom. The summed E-state index contributed by atoms with van der Waals surface area (Å²) < 4.78 is 0. The number of anilines is 1. The van der Waals surface area contributed by atoms with Crippen molar-refractivity contribution < 1.29 is 9.72 Å². The van der Waals surface area contributed by atoms with Gasteiger partial charge >= 0.3 is 0 Å². The van der Waals surface area contributed by atoms with Gasteiger partial charge in [0.1, 0.15) is 6.04 Å². The largest absolute Gasteiger partial charge is 0.374 e. The van der Waals surface area contributed by atoms with Crippen molar-refractivity contribution in [3.8, 4) is 0 Å². The number of rotatable bonds is 6. The Labute approximate surface area is 118 Å². The third-order valence-corrected chi connectivity index (χ3v) is 3.22. The van der Waals surface area contributed by atoms with E-state index in [9.17, 15) is 14.9 Å². The summed E-state index contributed by atoms with van der Waals surface area (Å²) in [5.74, 6) is 0.0194. The van der Waals surface area contributed by atoms with Gasteiger partial charge in [-0.25, -0.2) is 0 Å². The quantitative estimate of drug-likeness (QED) is 0.641. The van der Waals surface area contributed by atoms with Crippen LogP contribution in [-0.2, 0) is 4.79 Å². The summed E-state index contributed by atoms with van der Waals surface area (Å²) in [5.41, 5.74) is 1.36. The molecule has 0 aliphatic rings. The van der Waals surface area contributed by atoms with Crippen molar-refractivity contribution in [3.63, 3.8) is 0 Å². The van der Waals surface area contributed by atoms with Gasteiger partial charge in [-0.2, -0.15) is 0 Å². The van der Waals surface area contributed by atoms with Gasteiger partial charge in [-0.05, 0) is 39.8 Å². The molecule has 1 atom stereocenters. The van der Waals surface area contributed by atoms with Crippen LogP contribution in [0.4, 0.5) is 11.4 Å². The fourth-order valence-corrected chi connectivity index (χ4v) is 2.07. The lowest BCUT2D eigenvalue weighted by molar-refractivity contribution is -0.385. The molecule has 0 spiro atoms. The number of hydrogen-bond donors (Lipinski definition) is 1. The van der Waals surface area contributed by atoms with E-state index in [1.165, 1.54) is 6.07 Å². The maximum absolute atomic E-state index is 12.1. The molecule has 0 heterocycles. The first kappa shape index (κ1) is 15.9. The third-order valence-electron chi connectivity index (χ3n) is 3.22. The normalized spacial score (nSPS) is 11.8. The molecular formula is C14H21N3O3. The Morgan fingerprint density at radius 1 is 1.40 bits per heavy atom. The van der Waals surface area contributed by atoms with Crippen molar-refractivity contribution in [2.45, 2.75) is 33.7 Å². The first-order valence-corrected chi connectivity index (χ1v) is 6.71. The molecule has 0 aromatic heterocycles. The van der Waals surface area contributed by atoms with Gasteiger partial charge in [0, 0.05) is 30.4 Å². The first-order valence-electron chi connectivity index (χ1n) is 6.71. The number of benzene rings is 1. The first-order chi connectivity index (χ1) is 9.40. The molecular weight excluding hydrogens is 258 g/mol. The number of nitro benzene ring substituents is 1. The van der Waals surface area contributed by atoms with Crippen LogP contribution in [0.3, 0.4) is 0 Å². The van der Waals surface area contributed by atoms with E-state index in [1.807, 2.05) is 13.8 Å². The van der Waals surface area contributed by atoms with Crippen LogP contribution in [0.2, 0.25) is 0 Å². The van der Waals surface area contributed by atoms with Crippen molar-refractivity contribution in [1.82, 2.24) is 4.90 Å². The van der Waals surface area contributed by atoms with E-state index >= 15 is 0 Å². The van der Waals surface area contributed by atoms with Crippen molar-refractivity contribution in [3.05, 3.63) is 33.9 Å². The van der Waals surface area contributed by atoms with E-state index in [0.29, 0.717) is 24.3 Å². The summed E-state index contributed by atoms with van der Waals surface area (Å²) in [7, 11) is 0. The monoisotopic (exact) mass is 279 g/mol. The Hall–Kier alpha value is -2.11. The van der Waals surface area contributed by atoms with Crippen LogP contribution in [0, 0.1) is 17.0 Å². The van der Waals surface area contributed by atoms with Crippen molar-refractivity contribution in [2.75, 3.05) is 18.4 Å². The summed E-state index contributed by atoms with van der Waals surface area (Å²) in [6.07, 6.45) is 0. The van der Waals surface area contributed by atoms with E-state index in [0.717, 1.165) is 0 Å².